The largest absolute Gasteiger partial charge is 0.353 e. The highest BCUT2D eigenvalue weighted by Crippen LogP contribution is 2.33. The number of nitrogens with zero attached hydrogens (tertiary/aromatic N) is 5. The van der Waals surface area contributed by atoms with Gasteiger partial charge in [-0.15, -0.1) is 11.3 Å². The van der Waals surface area contributed by atoms with E-state index in [-0.39, 0.29) is 5.91 Å². The number of hydrogen-bond acceptors (Lipinski definition) is 7. The first-order chi connectivity index (χ1) is 15.0. The highest BCUT2D eigenvalue weighted by atomic mass is 32.1. The average molecular weight is 434 g/mol. The van der Waals surface area contributed by atoms with E-state index in [1.807, 2.05) is 36.1 Å². The summed E-state index contributed by atoms with van der Waals surface area (Å²) >= 11 is 1.72. The molecule has 0 saturated carbocycles. The molecule has 1 amide bonds. The lowest BCUT2D eigenvalue weighted by atomic mass is 10.0. The summed E-state index contributed by atoms with van der Waals surface area (Å²) in [6, 6.07) is 9.90. The van der Waals surface area contributed by atoms with Gasteiger partial charge in [0.1, 0.15) is 5.82 Å². The number of aryl methyl sites for hydroxylation is 3. The third kappa shape index (κ3) is 3.57. The lowest BCUT2D eigenvalue weighted by Gasteiger charge is -2.35. The number of hydrogen-bond donors (Lipinski definition) is 0. The number of carbonyl (C=O) groups is 1. The van der Waals surface area contributed by atoms with E-state index in [0.29, 0.717) is 35.4 Å². The number of anilines is 1. The van der Waals surface area contributed by atoms with Gasteiger partial charge in [-0.1, -0.05) is 11.2 Å². The summed E-state index contributed by atoms with van der Waals surface area (Å²) in [5, 5.41) is 4.78. The van der Waals surface area contributed by atoms with E-state index in [9.17, 15) is 4.79 Å². The Bertz CT molecular complexity index is 1260. The molecule has 7 nitrogen and oxygen atoms in total. The first-order valence-electron chi connectivity index (χ1n) is 10.3. The van der Waals surface area contributed by atoms with Crippen LogP contribution >= 0.6 is 11.3 Å². The summed E-state index contributed by atoms with van der Waals surface area (Å²) in [5.74, 6) is 0.937. The summed E-state index contributed by atoms with van der Waals surface area (Å²) in [6.07, 6.45) is 1.80. The van der Waals surface area contributed by atoms with Gasteiger partial charge in [0.25, 0.3) is 11.6 Å². The molecule has 0 aliphatic carbocycles. The Hall–Kier alpha value is -3.26. The second-order valence-corrected chi connectivity index (χ2v) is 9.26. The lowest BCUT2D eigenvalue weighted by Crippen LogP contribution is -2.49. The minimum absolute atomic E-state index is 0.00905. The minimum Gasteiger partial charge on any atom is -0.353 e. The van der Waals surface area contributed by atoms with Gasteiger partial charge in [-0.25, -0.2) is 9.97 Å². The smallest absolute Gasteiger partial charge is 0.259 e. The van der Waals surface area contributed by atoms with Gasteiger partial charge in [0, 0.05) is 47.7 Å². The molecular formula is C23H23N5O2S. The van der Waals surface area contributed by atoms with Crippen molar-refractivity contribution in [3.8, 4) is 11.3 Å². The van der Waals surface area contributed by atoms with Gasteiger partial charge in [0.05, 0.1) is 22.3 Å². The van der Waals surface area contributed by atoms with Crippen LogP contribution in [0.25, 0.3) is 22.4 Å². The molecule has 0 aromatic carbocycles. The Kier molecular flexibility index (Phi) is 4.94. The molecule has 158 valence electrons. The Morgan fingerprint density at radius 3 is 2.58 bits per heavy atom. The normalized spacial score (nSPS) is 14.4. The number of pyridine rings is 2. The maximum absolute atomic E-state index is 13.6. The Labute approximate surface area is 184 Å². The van der Waals surface area contributed by atoms with Crippen molar-refractivity contribution in [2.45, 2.75) is 20.8 Å². The van der Waals surface area contributed by atoms with Crippen molar-refractivity contribution in [1.29, 1.82) is 0 Å². The molecule has 5 heterocycles. The van der Waals surface area contributed by atoms with Gasteiger partial charge >= 0.3 is 0 Å². The van der Waals surface area contributed by atoms with Gasteiger partial charge in [-0.2, -0.15) is 0 Å². The zero-order valence-electron chi connectivity index (χ0n) is 17.8. The van der Waals surface area contributed by atoms with Crippen LogP contribution in [0.4, 0.5) is 5.82 Å². The van der Waals surface area contributed by atoms with Crippen molar-refractivity contribution >= 4 is 34.2 Å². The van der Waals surface area contributed by atoms with Crippen LogP contribution in [-0.2, 0) is 0 Å². The molecular weight excluding hydrogens is 410 g/mol. The molecule has 8 heteroatoms. The molecule has 0 radical (unpaired) electrons. The number of amides is 1. The quantitative estimate of drug-likeness (QED) is 0.481. The summed E-state index contributed by atoms with van der Waals surface area (Å²) in [6.45, 7) is 8.76. The summed E-state index contributed by atoms with van der Waals surface area (Å²) in [7, 11) is 0. The molecule has 31 heavy (non-hydrogen) atoms. The molecule has 0 spiro atoms. The molecule has 4 aromatic heterocycles. The zero-order valence-corrected chi connectivity index (χ0v) is 18.6. The van der Waals surface area contributed by atoms with Crippen molar-refractivity contribution in [1.82, 2.24) is 20.0 Å². The fraction of sp³-hybridized carbons (Fsp3) is 0.304. The molecule has 0 atom stereocenters. The fourth-order valence-electron chi connectivity index (χ4n) is 4.14. The van der Waals surface area contributed by atoms with Crippen LogP contribution in [-0.4, -0.2) is 52.1 Å². The van der Waals surface area contributed by atoms with Gasteiger partial charge in [-0.05, 0) is 45.0 Å². The molecule has 1 fully saturated rings. The summed E-state index contributed by atoms with van der Waals surface area (Å²) in [4.78, 5) is 29.2. The molecule has 5 rings (SSSR count). The number of fused-ring (bicyclic) bond motifs is 1. The summed E-state index contributed by atoms with van der Waals surface area (Å²) < 4.78 is 5.47. The van der Waals surface area contributed by atoms with Gasteiger partial charge < -0.3 is 14.3 Å². The minimum atomic E-state index is -0.00905. The molecule has 1 aliphatic heterocycles. The molecule has 0 unspecified atom stereocenters. The Balaban J connectivity index is 1.47. The number of aromatic nitrogens is 3. The first kappa shape index (κ1) is 19.7. The average Bonchev–Trinajstić information content (AvgIpc) is 3.34. The van der Waals surface area contributed by atoms with Gasteiger partial charge in [0.15, 0.2) is 0 Å². The number of piperazine rings is 1. The lowest BCUT2D eigenvalue weighted by molar-refractivity contribution is 0.0748. The van der Waals surface area contributed by atoms with E-state index in [4.69, 9.17) is 4.52 Å². The predicted octanol–water partition coefficient (Wildman–Crippen LogP) is 4.23. The van der Waals surface area contributed by atoms with Gasteiger partial charge in [0.2, 0.25) is 0 Å². The second-order valence-electron chi connectivity index (χ2n) is 7.80. The SMILES string of the molecule is Cc1cc(-c2cc(C(=O)N3CCN(c4ccccn4)CC3)c3c(C)noc3n2)c(C)s1. The first-order valence-corrected chi connectivity index (χ1v) is 11.1. The van der Waals surface area contributed by atoms with Crippen molar-refractivity contribution in [3.05, 3.63) is 57.5 Å². The number of carbonyl (C=O) groups excluding carboxylic acids is 1. The Morgan fingerprint density at radius 2 is 1.90 bits per heavy atom. The third-order valence-electron chi connectivity index (χ3n) is 5.70. The Morgan fingerprint density at radius 1 is 1.10 bits per heavy atom. The van der Waals surface area contributed by atoms with E-state index < -0.39 is 0 Å². The molecule has 4 aromatic rings. The van der Waals surface area contributed by atoms with Crippen molar-refractivity contribution in [2.75, 3.05) is 31.1 Å². The van der Waals surface area contributed by atoms with Crippen molar-refractivity contribution < 1.29 is 9.32 Å². The van der Waals surface area contributed by atoms with Crippen LogP contribution in [0.3, 0.4) is 0 Å². The summed E-state index contributed by atoms with van der Waals surface area (Å²) in [5.41, 5.74) is 3.48. The molecule has 0 N–H and O–H groups in total. The van der Waals surface area contributed by atoms with E-state index in [1.165, 1.54) is 9.75 Å². The van der Waals surface area contributed by atoms with E-state index in [2.05, 4.69) is 39.9 Å². The monoisotopic (exact) mass is 433 g/mol. The highest BCUT2D eigenvalue weighted by Gasteiger charge is 2.27. The maximum Gasteiger partial charge on any atom is 0.259 e. The topological polar surface area (TPSA) is 75.4 Å². The zero-order chi connectivity index (χ0) is 21.5. The van der Waals surface area contributed by atoms with Crippen molar-refractivity contribution in [3.63, 3.8) is 0 Å². The molecule has 1 aliphatic rings. The molecule has 1 saturated heterocycles. The van der Waals surface area contributed by atoms with Crippen LogP contribution in [0, 0.1) is 20.8 Å². The maximum atomic E-state index is 13.6. The number of rotatable bonds is 3. The van der Waals surface area contributed by atoms with Crippen LogP contribution < -0.4 is 4.90 Å². The van der Waals surface area contributed by atoms with E-state index in [0.717, 1.165) is 30.2 Å². The predicted molar refractivity (Wildman–Crippen MR) is 122 cm³/mol. The highest BCUT2D eigenvalue weighted by molar-refractivity contribution is 7.12. The van der Waals surface area contributed by atoms with Crippen LogP contribution in [0.15, 0.2) is 41.1 Å². The standard InChI is InChI=1S/C23H23N5O2S/c1-14-12-17(16(3)31-14)19-13-18(21-15(2)26-30-22(21)25-19)23(29)28-10-8-27(9-11-28)20-6-4-5-7-24-20/h4-7,12-13H,8-11H2,1-3H3. The molecule has 0 bridgehead atoms. The van der Waals surface area contributed by atoms with E-state index >= 15 is 0 Å². The third-order valence-corrected chi connectivity index (χ3v) is 6.67. The fourth-order valence-corrected chi connectivity index (χ4v) is 5.07. The number of thiophene rings is 1. The van der Waals surface area contributed by atoms with Gasteiger partial charge in [-0.3, -0.25) is 4.79 Å². The van der Waals surface area contributed by atoms with Crippen molar-refractivity contribution in [2.24, 2.45) is 0 Å². The van der Waals surface area contributed by atoms with Crippen LogP contribution in [0.5, 0.6) is 0 Å². The van der Waals surface area contributed by atoms with Crippen LogP contribution in [0.1, 0.15) is 25.8 Å². The van der Waals surface area contributed by atoms with E-state index in [1.54, 1.807) is 17.5 Å². The van der Waals surface area contributed by atoms with Crippen LogP contribution in [0.2, 0.25) is 0 Å². The second kappa shape index (κ2) is 7.77.